The molecule has 0 fully saturated rings. The molecule has 0 aromatic carbocycles. The summed E-state index contributed by atoms with van der Waals surface area (Å²) >= 11 is 0. The minimum atomic E-state index is -0.658. The normalized spacial score (nSPS) is 12.5. The number of aromatic nitrogens is 1. The second-order valence-electron chi connectivity index (χ2n) is 2.64. The number of carbonyl (C=O) groups is 1. The predicted octanol–water partition coefficient (Wildman–Crippen LogP) is 1.34. The summed E-state index contributed by atoms with van der Waals surface area (Å²) in [5.74, 6) is -1.21. The first kappa shape index (κ1) is 9.57. The van der Waals surface area contributed by atoms with Crippen molar-refractivity contribution in [2.24, 2.45) is 0 Å². The topological polar surface area (TPSA) is 72.6 Å². The molecule has 1 unspecified atom stereocenters. The minimum absolute atomic E-state index is 0.179. The molecule has 0 aliphatic rings. The van der Waals surface area contributed by atoms with Crippen molar-refractivity contribution in [3.8, 4) is 5.88 Å². The second-order valence-corrected chi connectivity index (χ2v) is 2.64. The molecule has 72 valence electrons. The van der Waals surface area contributed by atoms with Crippen LogP contribution in [0.3, 0.4) is 0 Å². The van der Waals surface area contributed by atoms with E-state index in [0.29, 0.717) is 0 Å². The number of esters is 1. The number of nitrogens with zero attached hydrogens (tertiary/aromatic N) is 1. The average molecular weight is 185 g/mol. The summed E-state index contributed by atoms with van der Waals surface area (Å²) in [6.45, 7) is 3.66. The van der Waals surface area contributed by atoms with Gasteiger partial charge in [-0.25, -0.2) is 4.79 Å². The van der Waals surface area contributed by atoms with E-state index in [1.54, 1.807) is 6.92 Å². The highest BCUT2D eigenvalue weighted by Gasteiger charge is 2.16. The van der Waals surface area contributed by atoms with Crippen molar-refractivity contribution < 1.29 is 19.1 Å². The third-order valence-electron chi connectivity index (χ3n) is 1.55. The lowest BCUT2D eigenvalue weighted by Crippen LogP contribution is -2.14. The number of rotatable bonds is 3. The van der Waals surface area contributed by atoms with Gasteiger partial charge >= 0.3 is 11.9 Å². The van der Waals surface area contributed by atoms with E-state index >= 15 is 0 Å². The van der Waals surface area contributed by atoms with Crippen molar-refractivity contribution in [2.45, 2.75) is 26.4 Å². The Morgan fingerprint density at radius 2 is 2.54 bits per heavy atom. The number of aromatic hydroxyl groups is 1. The van der Waals surface area contributed by atoms with Crippen LogP contribution in [0.5, 0.6) is 5.88 Å². The summed E-state index contributed by atoms with van der Waals surface area (Å²) in [5, 5.41) is 8.78. The van der Waals surface area contributed by atoms with E-state index < -0.39 is 5.97 Å². The fourth-order valence-electron chi connectivity index (χ4n) is 0.675. The van der Waals surface area contributed by atoms with Gasteiger partial charge in [0.1, 0.15) is 0 Å². The van der Waals surface area contributed by atoms with Gasteiger partial charge in [0, 0.05) is 0 Å². The van der Waals surface area contributed by atoms with Crippen LogP contribution in [0.4, 0.5) is 0 Å². The molecule has 0 radical (unpaired) electrons. The molecule has 0 saturated carbocycles. The van der Waals surface area contributed by atoms with Crippen LogP contribution >= 0.6 is 0 Å². The van der Waals surface area contributed by atoms with Crippen LogP contribution in [0.1, 0.15) is 31.0 Å². The zero-order chi connectivity index (χ0) is 9.84. The Hall–Kier alpha value is -1.52. The summed E-state index contributed by atoms with van der Waals surface area (Å²) in [4.78, 5) is 14.6. The highest BCUT2D eigenvalue weighted by molar-refractivity contribution is 5.84. The van der Waals surface area contributed by atoms with Crippen molar-refractivity contribution >= 4 is 5.97 Å². The van der Waals surface area contributed by atoms with Crippen LogP contribution in [-0.2, 0) is 4.74 Å². The van der Waals surface area contributed by atoms with Gasteiger partial charge in [-0.2, -0.15) is 4.98 Å². The molecule has 5 heteroatoms. The molecule has 1 aromatic rings. The molecule has 0 saturated heterocycles. The Morgan fingerprint density at radius 1 is 1.85 bits per heavy atom. The smallest absolute Gasteiger partial charge is 0.395 e. The molecule has 1 aromatic heterocycles. The van der Waals surface area contributed by atoms with Crippen LogP contribution < -0.4 is 0 Å². The van der Waals surface area contributed by atoms with Gasteiger partial charge in [-0.1, -0.05) is 6.92 Å². The van der Waals surface area contributed by atoms with Gasteiger partial charge in [-0.15, -0.1) is 0 Å². The van der Waals surface area contributed by atoms with Crippen LogP contribution in [-0.4, -0.2) is 22.2 Å². The van der Waals surface area contributed by atoms with E-state index in [9.17, 15) is 4.79 Å². The minimum Gasteiger partial charge on any atom is -0.491 e. The van der Waals surface area contributed by atoms with Gasteiger partial charge in [0.25, 0.3) is 5.88 Å². The first-order chi connectivity index (χ1) is 6.13. The van der Waals surface area contributed by atoms with Crippen molar-refractivity contribution in [3.63, 3.8) is 0 Å². The molecule has 13 heavy (non-hydrogen) atoms. The lowest BCUT2D eigenvalue weighted by atomic mass is 10.3. The maximum absolute atomic E-state index is 11.1. The van der Waals surface area contributed by atoms with Crippen LogP contribution in [0.25, 0.3) is 0 Å². The molecule has 1 rings (SSSR count). The highest BCUT2D eigenvalue weighted by Crippen LogP contribution is 2.10. The Balaban J connectivity index is 2.58. The molecule has 0 spiro atoms. The van der Waals surface area contributed by atoms with Gasteiger partial charge in [0.15, 0.2) is 6.26 Å². The summed E-state index contributed by atoms with van der Waals surface area (Å²) in [7, 11) is 0. The molecule has 0 aliphatic carbocycles. The van der Waals surface area contributed by atoms with Gasteiger partial charge in [0.05, 0.1) is 6.10 Å². The van der Waals surface area contributed by atoms with Crippen LogP contribution in [0.2, 0.25) is 0 Å². The molecule has 1 heterocycles. The fourth-order valence-corrected chi connectivity index (χ4v) is 0.675. The molecule has 0 aliphatic heterocycles. The summed E-state index contributed by atoms with van der Waals surface area (Å²) < 4.78 is 9.53. The number of hydrogen-bond donors (Lipinski definition) is 1. The molecule has 1 N–H and O–H groups in total. The number of ether oxygens (including phenoxy) is 1. The maximum Gasteiger partial charge on any atom is 0.395 e. The predicted molar refractivity (Wildman–Crippen MR) is 43.3 cm³/mol. The lowest BCUT2D eigenvalue weighted by molar-refractivity contribution is 0.0289. The van der Waals surface area contributed by atoms with Gasteiger partial charge in [0.2, 0.25) is 0 Å². The summed E-state index contributed by atoms with van der Waals surface area (Å²) in [6.07, 6.45) is 1.52. The first-order valence-corrected chi connectivity index (χ1v) is 3.99. The van der Waals surface area contributed by atoms with Crippen molar-refractivity contribution in [1.29, 1.82) is 0 Å². The Kier molecular flexibility index (Phi) is 2.89. The molecule has 5 nitrogen and oxygen atoms in total. The molecule has 0 bridgehead atoms. The second kappa shape index (κ2) is 3.93. The maximum atomic E-state index is 11.1. The van der Waals surface area contributed by atoms with E-state index in [2.05, 4.69) is 9.40 Å². The lowest BCUT2D eigenvalue weighted by Gasteiger charge is -2.07. The summed E-state index contributed by atoms with van der Waals surface area (Å²) in [5.41, 5.74) is 0. The Labute approximate surface area is 75.3 Å². The largest absolute Gasteiger partial charge is 0.491 e. The van der Waals surface area contributed by atoms with Gasteiger partial charge < -0.3 is 14.3 Å². The SMILES string of the molecule is CCC(C)OC(=O)c1nc(O)co1. The van der Waals surface area contributed by atoms with Gasteiger partial charge in [-0.3, -0.25) is 0 Å². The van der Waals surface area contributed by atoms with E-state index in [1.165, 1.54) is 0 Å². The molecule has 0 amide bonds. The summed E-state index contributed by atoms with van der Waals surface area (Å²) in [6, 6.07) is 0. The number of hydrogen-bond acceptors (Lipinski definition) is 5. The average Bonchev–Trinajstić information content (AvgIpc) is 2.51. The zero-order valence-corrected chi connectivity index (χ0v) is 7.48. The third kappa shape index (κ3) is 2.47. The number of oxazole rings is 1. The molecule has 1 atom stereocenters. The number of carbonyl (C=O) groups excluding carboxylic acids is 1. The molecular weight excluding hydrogens is 174 g/mol. The zero-order valence-electron chi connectivity index (χ0n) is 7.48. The van der Waals surface area contributed by atoms with E-state index in [4.69, 9.17) is 9.84 Å². The van der Waals surface area contributed by atoms with Gasteiger partial charge in [-0.05, 0) is 13.3 Å². The first-order valence-electron chi connectivity index (χ1n) is 3.99. The third-order valence-corrected chi connectivity index (χ3v) is 1.55. The molecular formula is C8H11NO4. The van der Waals surface area contributed by atoms with Crippen molar-refractivity contribution in [3.05, 3.63) is 12.2 Å². The standard InChI is InChI=1S/C8H11NO4/c1-3-5(2)13-8(11)7-9-6(10)4-12-7/h4-5,10H,3H2,1-2H3. The fraction of sp³-hybridized carbons (Fsp3) is 0.500. The van der Waals surface area contributed by atoms with Crippen LogP contribution in [0, 0.1) is 0 Å². The van der Waals surface area contributed by atoms with E-state index in [0.717, 1.165) is 12.7 Å². The van der Waals surface area contributed by atoms with Crippen molar-refractivity contribution in [2.75, 3.05) is 0 Å². The highest BCUT2D eigenvalue weighted by atomic mass is 16.6. The monoisotopic (exact) mass is 185 g/mol. The van der Waals surface area contributed by atoms with Crippen LogP contribution in [0.15, 0.2) is 10.7 Å². The van der Waals surface area contributed by atoms with E-state index in [1.807, 2.05) is 6.92 Å². The van der Waals surface area contributed by atoms with E-state index in [-0.39, 0.29) is 17.9 Å². The van der Waals surface area contributed by atoms with Crippen molar-refractivity contribution in [1.82, 2.24) is 4.98 Å². The Morgan fingerprint density at radius 3 is 3.00 bits per heavy atom. The Bertz CT molecular complexity index is 294. The quantitative estimate of drug-likeness (QED) is 0.719.